The molecule has 3 amide bonds. The molecule has 424 valence electrons. The summed E-state index contributed by atoms with van der Waals surface area (Å²) in [7, 11) is 1.78. The number of rotatable bonds is 26. The highest BCUT2D eigenvalue weighted by Crippen LogP contribution is 2.37. The summed E-state index contributed by atoms with van der Waals surface area (Å²) in [5.41, 5.74) is 7.61. The van der Waals surface area contributed by atoms with Crippen molar-refractivity contribution in [2.45, 2.75) is 130 Å². The van der Waals surface area contributed by atoms with Crippen LogP contribution in [0.3, 0.4) is 0 Å². The Morgan fingerprint density at radius 1 is 0.795 bits per heavy atom. The number of benzene rings is 3. The fourth-order valence-corrected chi connectivity index (χ4v) is 12.0. The first-order valence-corrected chi connectivity index (χ1v) is 29.0. The summed E-state index contributed by atoms with van der Waals surface area (Å²) in [4.78, 5) is 63.9. The molecule has 4 aromatic rings. The number of fused-ring (bicyclic) bond motifs is 1. The maximum absolute atomic E-state index is 14.3. The molecule has 4 heterocycles. The lowest BCUT2D eigenvalue weighted by Crippen LogP contribution is -2.58. The first-order chi connectivity index (χ1) is 37.9. The number of likely N-dealkylation sites (N-methyl/N-ethyl adjacent to an activating group) is 1. The molecule has 3 saturated heterocycles. The summed E-state index contributed by atoms with van der Waals surface area (Å²) in [6, 6.07) is 22.0. The number of anilines is 1. The number of ether oxygens (including phenoxy) is 5. The second-order valence-corrected chi connectivity index (χ2v) is 21.9. The number of hydrogen-bond acceptors (Lipinski definition) is 12. The zero-order valence-corrected chi connectivity index (χ0v) is 47.3. The number of hydrogen-bond donors (Lipinski definition) is 4. The van der Waals surface area contributed by atoms with Crippen LogP contribution >= 0.6 is 0 Å². The van der Waals surface area contributed by atoms with Gasteiger partial charge in [0.05, 0.1) is 32.5 Å². The lowest BCUT2D eigenvalue weighted by atomic mass is 9.83. The minimum atomic E-state index is -0.445. The Bertz CT molecular complexity index is 2630. The van der Waals surface area contributed by atoms with Crippen LogP contribution in [-0.4, -0.2) is 149 Å². The number of piperidine rings is 1. The van der Waals surface area contributed by atoms with Gasteiger partial charge in [0.2, 0.25) is 11.8 Å². The topological polar surface area (TPSA) is 176 Å². The van der Waals surface area contributed by atoms with E-state index in [1.54, 1.807) is 7.05 Å². The maximum atomic E-state index is 14.3. The molecule has 0 spiro atoms. The first kappa shape index (κ1) is 58.4. The average molecular weight is 1070 g/mol. The third-order valence-electron chi connectivity index (χ3n) is 16.8. The Hall–Kier alpha value is -5.78. The summed E-state index contributed by atoms with van der Waals surface area (Å²) in [6.45, 7) is 18.3. The highest BCUT2D eigenvalue weighted by atomic mass is 16.6. The highest BCUT2D eigenvalue weighted by molar-refractivity contribution is 5.99. The van der Waals surface area contributed by atoms with Gasteiger partial charge in [-0.25, -0.2) is 0 Å². The number of aromatic nitrogens is 1. The van der Waals surface area contributed by atoms with Crippen LogP contribution < -0.4 is 35.9 Å². The van der Waals surface area contributed by atoms with Gasteiger partial charge in [-0.3, -0.25) is 19.2 Å². The first-order valence-electron chi connectivity index (χ1n) is 29.0. The summed E-state index contributed by atoms with van der Waals surface area (Å²) in [5.74, 6) is 2.05. The van der Waals surface area contributed by atoms with Gasteiger partial charge in [0, 0.05) is 80.5 Å². The van der Waals surface area contributed by atoms with Crippen molar-refractivity contribution in [2.24, 2.45) is 11.8 Å². The molecule has 16 heteroatoms. The van der Waals surface area contributed by atoms with Crippen LogP contribution in [0, 0.1) is 32.6 Å². The Morgan fingerprint density at radius 2 is 1.45 bits per heavy atom. The Kier molecular flexibility index (Phi) is 21.6. The normalized spacial score (nSPS) is 19.0. The lowest BCUT2D eigenvalue weighted by Gasteiger charge is -2.41. The van der Waals surface area contributed by atoms with E-state index in [1.165, 1.54) is 12.0 Å². The molecular weight excluding hydrogens is 987 g/mol. The predicted molar refractivity (Wildman–Crippen MR) is 306 cm³/mol. The van der Waals surface area contributed by atoms with Gasteiger partial charge in [0.1, 0.15) is 30.8 Å². The van der Waals surface area contributed by atoms with Crippen molar-refractivity contribution >= 4 is 23.4 Å². The summed E-state index contributed by atoms with van der Waals surface area (Å²) >= 11 is 0. The second kappa shape index (κ2) is 28.9. The molecule has 0 radical (unpaired) electrons. The number of aromatic amines is 1. The molecule has 3 aromatic carbocycles. The van der Waals surface area contributed by atoms with Gasteiger partial charge in [-0.2, -0.15) is 0 Å². The molecule has 1 saturated carbocycles. The van der Waals surface area contributed by atoms with Crippen molar-refractivity contribution < 1.29 is 38.1 Å². The molecule has 16 nitrogen and oxygen atoms in total. The quantitative estimate of drug-likeness (QED) is 0.0456. The molecule has 1 aromatic heterocycles. The molecule has 4 N–H and O–H groups in total. The van der Waals surface area contributed by atoms with Gasteiger partial charge in [-0.15, -0.1) is 0 Å². The molecule has 4 fully saturated rings. The van der Waals surface area contributed by atoms with Crippen molar-refractivity contribution in [1.82, 2.24) is 30.7 Å². The summed E-state index contributed by atoms with van der Waals surface area (Å²) in [5, 5.41) is 9.26. The Morgan fingerprint density at radius 3 is 2.10 bits per heavy atom. The number of likely N-dealkylation sites (tertiary alicyclic amines) is 2. The van der Waals surface area contributed by atoms with E-state index in [0.717, 1.165) is 136 Å². The van der Waals surface area contributed by atoms with Crippen LogP contribution in [0.2, 0.25) is 0 Å². The number of aryl methyl sites for hydroxylation is 2. The van der Waals surface area contributed by atoms with Gasteiger partial charge >= 0.3 is 0 Å². The lowest BCUT2D eigenvalue weighted by molar-refractivity contribution is -0.140. The summed E-state index contributed by atoms with van der Waals surface area (Å²) in [6.07, 6.45) is 10.3. The molecule has 4 atom stereocenters. The molecule has 4 aliphatic rings. The number of amides is 3. The minimum absolute atomic E-state index is 0.0959. The van der Waals surface area contributed by atoms with Crippen LogP contribution in [0.1, 0.15) is 110 Å². The maximum Gasteiger partial charge on any atom is 0.253 e. The zero-order valence-electron chi connectivity index (χ0n) is 47.3. The van der Waals surface area contributed by atoms with Crippen molar-refractivity contribution in [3.63, 3.8) is 0 Å². The molecule has 0 bridgehead atoms. The summed E-state index contributed by atoms with van der Waals surface area (Å²) < 4.78 is 29.3. The Labute approximate surface area is 462 Å². The third-order valence-corrected chi connectivity index (χ3v) is 16.8. The van der Waals surface area contributed by atoms with Crippen molar-refractivity contribution in [1.29, 1.82) is 0 Å². The number of carbonyl (C=O) groups excluding carboxylic acids is 3. The van der Waals surface area contributed by atoms with Crippen LogP contribution in [0.4, 0.5) is 5.69 Å². The number of carbonyl (C=O) groups is 3. The van der Waals surface area contributed by atoms with Gasteiger partial charge in [0.25, 0.3) is 11.5 Å². The van der Waals surface area contributed by atoms with Gasteiger partial charge < -0.3 is 59.3 Å². The van der Waals surface area contributed by atoms with Crippen LogP contribution in [0.5, 0.6) is 11.5 Å². The molecule has 78 heavy (non-hydrogen) atoms. The number of H-pyrrole nitrogens is 1. The van der Waals surface area contributed by atoms with Crippen molar-refractivity contribution in [3.8, 4) is 22.6 Å². The van der Waals surface area contributed by atoms with E-state index in [9.17, 15) is 19.2 Å². The Balaban J connectivity index is 0.731. The van der Waals surface area contributed by atoms with Gasteiger partial charge in [0.15, 0.2) is 0 Å². The van der Waals surface area contributed by atoms with E-state index in [4.69, 9.17) is 23.7 Å². The second-order valence-electron chi connectivity index (χ2n) is 21.9. The third kappa shape index (κ3) is 15.5. The molecule has 3 aliphatic heterocycles. The predicted octanol–water partition coefficient (Wildman–Crippen LogP) is 7.53. The van der Waals surface area contributed by atoms with Crippen molar-refractivity contribution in [2.75, 3.05) is 97.5 Å². The highest BCUT2D eigenvalue weighted by Gasteiger charge is 2.44. The minimum Gasteiger partial charge on any atom is -0.491 e. The van der Waals surface area contributed by atoms with E-state index in [1.807, 2.05) is 76.2 Å². The largest absolute Gasteiger partial charge is 0.491 e. The van der Waals surface area contributed by atoms with Crippen molar-refractivity contribution in [3.05, 3.63) is 111 Å². The fourth-order valence-electron chi connectivity index (χ4n) is 12.0. The number of pyridine rings is 1. The van der Waals surface area contributed by atoms with Gasteiger partial charge in [-0.1, -0.05) is 43.5 Å². The van der Waals surface area contributed by atoms with Gasteiger partial charge in [-0.05, 0) is 175 Å². The van der Waals surface area contributed by atoms with Crippen LogP contribution in [-0.2, 0) is 36.8 Å². The number of nitrogens with one attached hydrogen (secondary N) is 4. The standard InChI is InChI=1S/C62H87N7O9/c1-7-68(51-24-29-74-30-25-51)56-39-50(38-54(44(56)4)60(71)64-40-55-42(2)37-43(3)65-61(55)72)47-15-19-53(20-16-47)78-36-34-76-32-31-75-33-35-77-52-17-13-46(14-18-52)21-26-67-27-22-48-23-28-69(57(48)41-67)62(73)58(49-11-9-8-10-12-49)66-59(70)45(5)63-6/h13-20,37-39,45,48-49,51,57-58,63H,7-12,21-36,40-41H2,1-6H3,(H,64,71)(H,65,72)(H,66,70)/t45-,48?,57?,58-/m0/s1. The SMILES string of the molecule is CCN(c1cc(-c2ccc(OCCOCCOCCOc3ccc(CCN4CCC5CCN(C(=O)[C@@H](NC(=O)[C@H](C)NC)C6CCCCC6)C5C4)cc3)cc2)cc(C(=O)NCc2c(C)cc(C)[nH]c2=O)c1C)C1CCOCC1. The van der Waals surface area contributed by atoms with E-state index >= 15 is 0 Å². The van der Waals surface area contributed by atoms with E-state index < -0.39 is 6.04 Å². The van der Waals surface area contributed by atoms with Crippen LogP contribution in [0.25, 0.3) is 11.1 Å². The van der Waals surface area contributed by atoms with Crippen LogP contribution in [0.15, 0.2) is 71.5 Å². The number of nitrogens with zero attached hydrogens (tertiary/aromatic N) is 3. The zero-order chi connectivity index (χ0) is 55.0. The average Bonchev–Trinajstić information content (AvgIpc) is 3.90. The molecule has 2 unspecified atom stereocenters. The smallest absolute Gasteiger partial charge is 0.253 e. The molecule has 1 aliphatic carbocycles. The van der Waals surface area contributed by atoms with E-state index in [2.05, 4.69) is 60.8 Å². The molecule has 8 rings (SSSR count). The molecular formula is C62H87N7O9. The van der Waals surface area contributed by atoms with E-state index in [-0.39, 0.29) is 47.8 Å². The monoisotopic (exact) mass is 1070 g/mol. The van der Waals surface area contributed by atoms with E-state index in [0.29, 0.717) is 75.9 Å². The fraction of sp³-hybridized carbons (Fsp3) is 0.581.